The highest BCUT2D eigenvalue weighted by Crippen LogP contribution is 2.40. The number of hydrogen-bond donors (Lipinski definition) is 0. The van der Waals surface area contributed by atoms with E-state index in [0.717, 1.165) is 50.6 Å². The summed E-state index contributed by atoms with van der Waals surface area (Å²) in [7, 11) is 0. The Kier molecular flexibility index (Phi) is 4.93. The highest BCUT2D eigenvalue weighted by atomic mass is 16.5. The first-order valence-corrected chi connectivity index (χ1v) is 9.31. The predicted octanol–water partition coefficient (Wildman–Crippen LogP) is 2.26. The van der Waals surface area contributed by atoms with Gasteiger partial charge in [-0.1, -0.05) is 12.5 Å². The van der Waals surface area contributed by atoms with Crippen LogP contribution in [0, 0.1) is 17.8 Å². The van der Waals surface area contributed by atoms with E-state index in [1.165, 1.54) is 44.6 Å². The summed E-state index contributed by atoms with van der Waals surface area (Å²) in [5, 5.41) is 0. The van der Waals surface area contributed by atoms with E-state index < -0.39 is 0 Å². The maximum atomic E-state index is 5.50. The van der Waals surface area contributed by atoms with Crippen LogP contribution in [0.25, 0.3) is 0 Å². The lowest BCUT2D eigenvalue weighted by atomic mass is 9.73. The molecule has 1 aliphatic carbocycles. The van der Waals surface area contributed by atoms with E-state index in [0.29, 0.717) is 0 Å². The second kappa shape index (κ2) is 7.29. The van der Waals surface area contributed by atoms with Crippen LogP contribution in [0.2, 0.25) is 0 Å². The molecule has 126 valence electrons. The molecule has 3 heterocycles. The van der Waals surface area contributed by atoms with E-state index >= 15 is 0 Å². The van der Waals surface area contributed by atoms with Gasteiger partial charge in [0.25, 0.3) is 0 Å². The van der Waals surface area contributed by atoms with Gasteiger partial charge in [-0.2, -0.15) is 0 Å². The first-order chi connectivity index (χ1) is 11.4. The molecule has 4 rings (SSSR count). The van der Waals surface area contributed by atoms with Crippen molar-refractivity contribution >= 4 is 0 Å². The van der Waals surface area contributed by atoms with Gasteiger partial charge in [-0.15, -0.1) is 0 Å². The minimum absolute atomic E-state index is 0.889. The maximum Gasteiger partial charge on any atom is 0.0594 e. The summed E-state index contributed by atoms with van der Waals surface area (Å²) in [5.41, 5.74) is 1.22. The van der Waals surface area contributed by atoms with Gasteiger partial charge in [0.1, 0.15) is 0 Å². The van der Waals surface area contributed by atoms with Gasteiger partial charge in [-0.3, -0.25) is 14.8 Å². The van der Waals surface area contributed by atoms with E-state index in [4.69, 9.17) is 4.74 Å². The molecule has 0 unspecified atom stereocenters. The van der Waals surface area contributed by atoms with Crippen molar-refractivity contribution in [2.45, 2.75) is 25.8 Å². The Morgan fingerprint density at radius 2 is 2.00 bits per heavy atom. The van der Waals surface area contributed by atoms with Crippen LogP contribution in [0.3, 0.4) is 0 Å². The SMILES string of the molecule is c1ccc(CN2C[C@@H]3CCC[C@H](CN4CCOCC4)[C@@H]3C2)nc1. The van der Waals surface area contributed by atoms with Gasteiger partial charge in [0, 0.05) is 45.5 Å². The first-order valence-electron chi connectivity index (χ1n) is 9.31. The Morgan fingerprint density at radius 3 is 2.83 bits per heavy atom. The summed E-state index contributed by atoms with van der Waals surface area (Å²) < 4.78 is 5.50. The molecule has 1 saturated carbocycles. The number of rotatable bonds is 4. The third-order valence-corrected chi connectivity index (χ3v) is 6.03. The monoisotopic (exact) mass is 315 g/mol. The molecule has 4 heteroatoms. The number of pyridine rings is 1. The number of fused-ring (bicyclic) bond motifs is 1. The molecule has 23 heavy (non-hydrogen) atoms. The zero-order chi connectivity index (χ0) is 15.5. The van der Waals surface area contributed by atoms with Gasteiger partial charge in [0.2, 0.25) is 0 Å². The van der Waals surface area contributed by atoms with Crippen molar-refractivity contribution < 1.29 is 4.74 Å². The van der Waals surface area contributed by atoms with Gasteiger partial charge in [0.15, 0.2) is 0 Å². The van der Waals surface area contributed by atoms with E-state index in [1.807, 2.05) is 12.3 Å². The van der Waals surface area contributed by atoms with E-state index in [1.54, 1.807) is 0 Å². The zero-order valence-electron chi connectivity index (χ0n) is 14.1. The molecule has 3 aliphatic rings. The molecule has 0 radical (unpaired) electrons. The second-order valence-electron chi connectivity index (χ2n) is 7.54. The third kappa shape index (κ3) is 3.76. The standard InChI is InChI=1S/C19H29N3O/c1-2-7-20-18(6-1)14-22-13-17-5-3-4-16(19(17)15-22)12-21-8-10-23-11-9-21/h1-2,6-7,16-17,19H,3-5,8-15H2/t16-,17+,19+/m1/s1. The molecule has 0 aromatic carbocycles. The number of morpholine rings is 1. The predicted molar refractivity (Wildman–Crippen MR) is 91.1 cm³/mol. The number of ether oxygens (including phenoxy) is 1. The Labute approximate surface area is 139 Å². The van der Waals surface area contributed by atoms with E-state index in [-0.39, 0.29) is 0 Å². The molecular weight excluding hydrogens is 286 g/mol. The topological polar surface area (TPSA) is 28.6 Å². The Morgan fingerprint density at radius 1 is 1.09 bits per heavy atom. The van der Waals surface area contributed by atoms with Gasteiger partial charge in [-0.25, -0.2) is 0 Å². The summed E-state index contributed by atoms with van der Waals surface area (Å²) >= 11 is 0. The summed E-state index contributed by atoms with van der Waals surface area (Å²) in [6.45, 7) is 8.98. The van der Waals surface area contributed by atoms with Crippen LogP contribution in [0.1, 0.15) is 25.0 Å². The summed E-state index contributed by atoms with van der Waals surface area (Å²) in [4.78, 5) is 9.79. The zero-order valence-corrected chi connectivity index (χ0v) is 14.1. The quantitative estimate of drug-likeness (QED) is 0.852. The van der Waals surface area contributed by atoms with Gasteiger partial charge >= 0.3 is 0 Å². The van der Waals surface area contributed by atoms with Gasteiger partial charge in [-0.05, 0) is 42.7 Å². The van der Waals surface area contributed by atoms with Crippen molar-refractivity contribution in [2.24, 2.45) is 17.8 Å². The smallest absolute Gasteiger partial charge is 0.0594 e. The highest BCUT2D eigenvalue weighted by Gasteiger charge is 2.40. The van der Waals surface area contributed by atoms with Crippen molar-refractivity contribution in [3.05, 3.63) is 30.1 Å². The van der Waals surface area contributed by atoms with E-state index in [2.05, 4.69) is 26.9 Å². The molecular formula is C19H29N3O. The lowest BCUT2D eigenvalue weighted by Gasteiger charge is -2.37. The van der Waals surface area contributed by atoms with Crippen LogP contribution in [0.15, 0.2) is 24.4 Å². The van der Waals surface area contributed by atoms with E-state index in [9.17, 15) is 0 Å². The first kappa shape index (κ1) is 15.6. The molecule has 3 fully saturated rings. The van der Waals surface area contributed by atoms with Crippen molar-refractivity contribution in [1.29, 1.82) is 0 Å². The van der Waals surface area contributed by atoms with Gasteiger partial charge in [0.05, 0.1) is 18.9 Å². The summed E-state index contributed by atoms with van der Waals surface area (Å²) in [6, 6.07) is 6.27. The normalized spacial score (nSPS) is 32.8. The van der Waals surface area contributed by atoms with Crippen LogP contribution >= 0.6 is 0 Å². The summed E-state index contributed by atoms with van der Waals surface area (Å²) in [5.74, 6) is 2.70. The van der Waals surface area contributed by atoms with Crippen LogP contribution < -0.4 is 0 Å². The van der Waals surface area contributed by atoms with Crippen molar-refractivity contribution in [2.75, 3.05) is 45.9 Å². The Hall–Kier alpha value is -0.970. The second-order valence-corrected chi connectivity index (χ2v) is 7.54. The van der Waals surface area contributed by atoms with Gasteiger partial charge < -0.3 is 4.74 Å². The lowest BCUT2D eigenvalue weighted by molar-refractivity contribution is 0.0192. The molecule has 1 aromatic heterocycles. The van der Waals surface area contributed by atoms with Crippen LogP contribution in [0.4, 0.5) is 0 Å². The molecule has 2 saturated heterocycles. The Bertz CT molecular complexity index is 489. The number of hydrogen-bond acceptors (Lipinski definition) is 4. The molecule has 0 amide bonds. The van der Waals surface area contributed by atoms with Crippen LogP contribution in [-0.4, -0.2) is 60.7 Å². The molecule has 4 nitrogen and oxygen atoms in total. The molecule has 0 bridgehead atoms. The Balaban J connectivity index is 1.36. The number of likely N-dealkylation sites (tertiary alicyclic amines) is 1. The average Bonchev–Trinajstić information content (AvgIpc) is 3.00. The van der Waals surface area contributed by atoms with Crippen LogP contribution in [-0.2, 0) is 11.3 Å². The fourth-order valence-electron chi connectivity index (χ4n) is 4.88. The minimum Gasteiger partial charge on any atom is -0.379 e. The van der Waals surface area contributed by atoms with Crippen molar-refractivity contribution in [3.8, 4) is 0 Å². The van der Waals surface area contributed by atoms with Crippen molar-refractivity contribution in [1.82, 2.24) is 14.8 Å². The minimum atomic E-state index is 0.889. The number of aromatic nitrogens is 1. The fourth-order valence-corrected chi connectivity index (χ4v) is 4.88. The lowest BCUT2D eigenvalue weighted by Crippen LogP contribution is -2.43. The summed E-state index contributed by atoms with van der Waals surface area (Å²) in [6.07, 6.45) is 6.20. The largest absolute Gasteiger partial charge is 0.379 e. The van der Waals surface area contributed by atoms with Crippen LogP contribution in [0.5, 0.6) is 0 Å². The molecule has 2 aliphatic heterocycles. The van der Waals surface area contributed by atoms with Crippen molar-refractivity contribution in [3.63, 3.8) is 0 Å². The molecule has 3 atom stereocenters. The molecule has 0 N–H and O–H groups in total. The molecule has 0 spiro atoms. The highest BCUT2D eigenvalue weighted by molar-refractivity contribution is 5.04. The maximum absolute atomic E-state index is 5.50. The average molecular weight is 315 g/mol. The molecule has 1 aromatic rings. The third-order valence-electron chi connectivity index (χ3n) is 6.03. The fraction of sp³-hybridized carbons (Fsp3) is 0.737. The number of nitrogens with zero attached hydrogens (tertiary/aromatic N) is 3.